The molecule has 0 aliphatic carbocycles. The van der Waals surface area contributed by atoms with E-state index in [0.29, 0.717) is 37.9 Å². The second-order valence-corrected chi connectivity index (χ2v) is 9.05. The highest BCUT2D eigenvalue weighted by Crippen LogP contribution is 2.36. The number of hydrogen-bond acceptors (Lipinski definition) is 8. The largest absolute Gasteiger partial charge is 0.349 e. The van der Waals surface area contributed by atoms with Gasteiger partial charge in [-0.3, -0.25) is 14.4 Å². The van der Waals surface area contributed by atoms with Crippen LogP contribution in [0.4, 0.5) is 5.82 Å². The lowest BCUT2D eigenvalue weighted by Gasteiger charge is -2.11. The van der Waals surface area contributed by atoms with E-state index >= 15 is 0 Å². The summed E-state index contributed by atoms with van der Waals surface area (Å²) >= 11 is 1.23. The van der Waals surface area contributed by atoms with Gasteiger partial charge in [-0.1, -0.05) is 25.1 Å². The molecule has 0 bridgehead atoms. The Hall–Kier alpha value is -3.91. The Morgan fingerprint density at radius 2 is 1.94 bits per heavy atom. The first kappa shape index (κ1) is 24.2. The average molecular weight is 492 g/mol. The van der Waals surface area contributed by atoms with Crippen molar-refractivity contribution in [1.29, 1.82) is 0 Å². The number of hydrogen-bond donors (Lipinski definition) is 2. The second kappa shape index (κ2) is 10.1. The van der Waals surface area contributed by atoms with Crippen LogP contribution in [0.2, 0.25) is 0 Å². The van der Waals surface area contributed by atoms with Crippen LogP contribution < -0.4 is 10.6 Å². The van der Waals surface area contributed by atoms with Gasteiger partial charge in [0.05, 0.1) is 16.9 Å². The number of ketones is 1. The number of nitrogens with one attached hydrogen (secondary N) is 2. The Bertz CT molecular complexity index is 1360. The number of terminal acetylenes is 1. The minimum absolute atomic E-state index is 0.0365. The first-order chi connectivity index (χ1) is 16.9. The fourth-order valence-corrected chi connectivity index (χ4v) is 4.62. The Balaban J connectivity index is 1.54. The molecule has 0 saturated carbocycles. The highest BCUT2D eigenvalue weighted by molar-refractivity contribution is 7.13. The molecule has 0 spiro atoms. The minimum Gasteiger partial charge on any atom is -0.349 e. The zero-order valence-corrected chi connectivity index (χ0v) is 20.3. The number of carbonyl (C=O) groups excluding carboxylic acids is 3. The van der Waals surface area contributed by atoms with E-state index in [4.69, 9.17) is 6.42 Å². The smallest absolute Gasteiger partial charge is 0.287 e. The molecule has 1 aliphatic rings. The number of rotatable bonds is 11. The lowest BCUT2D eigenvalue weighted by atomic mass is 10.0. The van der Waals surface area contributed by atoms with Gasteiger partial charge in [0.25, 0.3) is 11.8 Å². The maximum absolute atomic E-state index is 13.0. The van der Waals surface area contributed by atoms with Gasteiger partial charge in [0.1, 0.15) is 11.5 Å². The van der Waals surface area contributed by atoms with Crippen LogP contribution in [0.3, 0.4) is 0 Å². The van der Waals surface area contributed by atoms with Gasteiger partial charge in [-0.25, -0.2) is 4.98 Å². The maximum atomic E-state index is 13.0. The topological polar surface area (TPSA) is 131 Å². The molecule has 0 fully saturated rings. The molecule has 0 saturated heterocycles. The summed E-state index contributed by atoms with van der Waals surface area (Å²) in [5, 5.41) is 14.5. The van der Waals surface area contributed by atoms with E-state index in [0.717, 1.165) is 10.1 Å². The van der Waals surface area contributed by atoms with Crippen molar-refractivity contribution in [3.63, 3.8) is 0 Å². The van der Waals surface area contributed by atoms with Gasteiger partial charge in [-0.2, -0.15) is 14.6 Å². The Morgan fingerprint density at radius 3 is 2.63 bits per heavy atom. The van der Waals surface area contributed by atoms with Crippen LogP contribution in [0.25, 0.3) is 10.1 Å². The fraction of sp³-hybridized carbons (Fsp3) is 0.375. The highest BCUT2D eigenvalue weighted by Gasteiger charge is 2.38. The van der Waals surface area contributed by atoms with Crippen LogP contribution >= 0.6 is 11.5 Å². The molecule has 0 unspecified atom stereocenters. The predicted molar refractivity (Wildman–Crippen MR) is 132 cm³/mol. The number of carbonyl (C=O) groups is 3. The summed E-state index contributed by atoms with van der Waals surface area (Å²) in [7, 11) is 0. The molecule has 1 aliphatic heterocycles. The number of fused-ring (bicyclic) bond motifs is 1. The van der Waals surface area contributed by atoms with Crippen molar-refractivity contribution in [3.05, 3.63) is 41.5 Å². The van der Waals surface area contributed by atoms with E-state index in [1.807, 2.05) is 31.2 Å². The summed E-state index contributed by atoms with van der Waals surface area (Å²) in [4.78, 5) is 42.4. The number of Topliss-reactive ketones (excluding diaryl/α,β-unsaturated/α-hetero) is 1. The van der Waals surface area contributed by atoms with E-state index in [1.165, 1.54) is 18.5 Å². The number of nitrogens with zero attached hydrogens (tertiary/aromatic N) is 5. The van der Waals surface area contributed by atoms with Gasteiger partial charge in [0.2, 0.25) is 5.82 Å². The zero-order chi connectivity index (χ0) is 25.0. The third kappa shape index (κ3) is 5.27. The fourth-order valence-electron chi connectivity index (χ4n) is 3.85. The summed E-state index contributed by atoms with van der Waals surface area (Å²) in [5.41, 5.74) is 0.350. The summed E-state index contributed by atoms with van der Waals surface area (Å²) in [6.07, 6.45) is 7.49. The second-order valence-electron chi connectivity index (χ2n) is 8.25. The normalized spacial score (nSPS) is 13.4. The SMILES string of the molecule is C#CCCC1(CCNC(=O)c2nc(NC(=O)c3nsc4ccccc34)c(CC)n2CC(C)=O)N=N1. The van der Waals surface area contributed by atoms with E-state index in [9.17, 15) is 14.4 Å². The number of aromatic nitrogens is 3. The van der Waals surface area contributed by atoms with Crippen LogP contribution in [0.5, 0.6) is 0 Å². The number of anilines is 1. The van der Waals surface area contributed by atoms with Crippen LogP contribution in [0.1, 0.15) is 59.9 Å². The third-order valence-electron chi connectivity index (χ3n) is 5.68. The van der Waals surface area contributed by atoms with Gasteiger partial charge in [0.15, 0.2) is 11.5 Å². The van der Waals surface area contributed by atoms with Crippen LogP contribution in [-0.2, 0) is 17.8 Å². The Morgan fingerprint density at radius 1 is 1.17 bits per heavy atom. The Labute approximate surface area is 206 Å². The van der Waals surface area contributed by atoms with Crippen LogP contribution in [0.15, 0.2) is 34.5 Å². The van der Waals surface area contributed by atoms with Gasteiger partial charge < -0.3 is 15.2 Å². The predicted octanol–water partition coefficient (Wildman–Crippen LogP) is 3.59. The molecule has 35 heavy (non-hydrogen) atoms. The number of imidazole rings is 1. The van der Waals surface area contributed by atoms with E-state index in [1.54, 1.807) is 4.57 Å². The maximum Gasteiger partial charge on any atom is 0.287 e. The van der Waals surface area contributed by atoms with Gasteiger partial charge in [-0.15, -0.1) is 12.3 Å². The molecule has 4 rings (SSSR count). The highest BCUT2D eigenvalue weighted by atomic mass is 32.1. The summed E-state index contributed by atoms with van der Waals surface area (Å²) in [6, 6.07) is 7.45. The van der Waals surface area contributed by atoms with Crippen molar-refractivity contribution < 1.29 is 14.4 Å². The molecule has 1 aromatic carbocycles. The lowest BCUT2D eigenvalue weighted by Crippen LogP contribution is -2.31. The molecule has 2 N–H and O–H groups in total. The van der Waals surface area contributed by atoms with Gasteiger partial charge in [-0.05, 0) is 30.9 Å². The monoisotopic (exact) mass is 491 g/mol. The van der Waals surface area contributed by atoms with Gasteiger partial charge >= 0.3 is 0 Å². The molecule has 180 valence electrons. The molecule has 11 heteroatoms. The quantitative estimate of drug-likeness (QED) is 0.396. The number of benzene rings is 1. The molecular formula is C24H25N7O3S. The van der Waals surface area contributed by atoms with Crippen molar-refractivity contribution in [3.8, 4) is 12.3 Å². The minimum atomic E-state index is -0.515. The molecule has 3 aromatic rings. The first-order valence-corrected chi connectivity index (χ1v) is 12.0. The Kier molecular flexibility index (Phi) is 7.02. The first-order valence-electron chi connectivity index (χ1n) is 11.3. The molecule has 2 amide bonds. The summed E-state index contributed by atoms with van der Waals surface area (Å²) < 4.78 is 6.72. The van der Waals surface area contributed by atoms with E-state index in [-0.39, 0.29) is 29.7 Å². The van der Waals surface area contributed by atoms with Crippen molar-refractivity contribution >= 4 is 45.0 Å². The van der Waals surface area contributed by atoms with Gasteiger partial charge in [0, 0.05) is 31.2 Å². The summed E-state index contributed by atoms with van der Waals surface area (Å²) in [6.45, 7) is 3.59. The summed E-state index contributed by atoms with van der Waals surface area (Å²) in [5.74, 6) is 1.84. The van der Waals surface area contributed by atoms with Crippen molar-refractivity contribution in [2.24, 2.45) is 10.2 Å². The zero-order valence-electron chi connectivity index (χ0n) is 19.5. The molecule has 0 atom stereocenters. The van der Waals surface area contributed by atoms with E-state index < -0.39 is 17.5 Å². The molecule has 2 aromatic heterocycles. The average Bonchev–Trinajstić information content (AvgIpc) is 3.33. The third-order valence-corrected chi connectivity index (χ3v) is 6.51. The lowest BCUT2D eigenvalue weighted by molar-refractivity contribution is -0.117. The number of amides is 2. The van der Waals surface area contributed by atoms with E-state index in [2.05, 4.69) is 36.1 Å². The van der Waals surface area contributed by atoms with Crippen LogP contribution in [0, 0.1) is 12.3 Å². The molecular weight excluding hydrogens is 466 g/mol. The standard InChI is InChI=1S/C24H25N7O3S/c1-4-6-11-24(29-30-24)12-13-25-23(34)21-26-20(17(5-2)31(21)14-15(3)32)27-22(33)19-16-9-7-8-10-18(16)35-28-19/h1,7-10H,5-6,11-14H2,2-3H3,(H,25,34)(H,27,33). The molecule has 10 nitrogen and oxygen atoms in total. The van der Waals surface area contributed by atoms with Crippen molar-refractivity contribution in [1.82, 2.24) is 19.2 Å². The molecule has 0 radical (unpaired) electrons. The van der Waals surface area contributed by atoms with Crippen LogP contribution in [-0.4, -0.2) is 43.7 Å². The molecule has 3 heterocycles. The van der Waals surface area contributed by atoms with Crippen molar-refractivity contribution in [2.45, 2.75) is 51.7 Å². The van der Waals surface area contributed by atoms with Crippen molar-refractivity contribution in [2.75, 3.05) is 11.9 Å².